The molecule has 0 spiro atoms. The molecule has 2 aliphatic heterocycles. The van der Waals surface area contributed by atoms with E-state index < -0.39 is 0 Å². The van der Waals surface area contributed by atoms with E-state index in [1.54, 1.807) is 7.11 Å². The van der Waals surface area contributed by atoms with Crippen LogP contribution in [0.1, 0.15) is 24.0 Å². The second-order valence-electron chi connectivity index (χ2n) is 9.19. The van der Waals surface area contributed by atoms with Gasteiger partial charge in [-0.15, -0.1) is 0 Å². The zero-order chi connectivity index (χ0) is 21.2. The van der Waals surface area contributed by atoms with Gasteiger partial charge in [0.1, 0.15) is 5.75 Å². The van der Waals surface area contributed by atoms with E-state index in [9.17, 15) is 4.79 Å². The Morgan fingerprint density at radius 1 is 0.968 bits per heavy atom. The number of likely N-dealkylation sites (tertiary alicyclic amines) is 1. The second-order valence-corrected chi connectivity index (χ2v) is 9.19. The Kier molecular flexibility index (Phi) is 5.86. The lowest BCUT2D eigenvalue weighted by Crippen LogP contribution is -2.55. The molecule has 1 amide bonds. The van der Waals surface area contributed by atoms with Gasteiger partial charge in [-0.3, -0.25) is 9.69 Å². The lowest BCUT2D eigenvalue weighted by molar-refractivity contribution is -0.134. The highest BCUT2D eigenvalue weighted by Gasteiger charge is 2.37. The number of piperazine rings is 1. The highest BCUT2D eigenvalue weighted by molar-refractivity contribution is 5.78. The number of nitrogens with zero attached hydrogens (tertiary/aromatic N) is 3. The zero-order valence-electron chi connectivity index (χ0n) is 18.5. The maximum absolute atomic E-state index is 13.2. The van der Waals surface area contributed by atoms with E-state index in [1.165, 1.54) is 29.7 Å². The molecular formula is C26H33N3O2. The van der Waals surface area contributed by atoms with E-state index in [4.69, 9.17) is 4.74 Å². The van der Waals surface area contributed by atoms with Crippen molar-refractivity contribution in [2.24, 2.45) is 5.92 Å². The summed E-state index contributed by atoms with van der Waals surface area (Å²) < 4.78 is 5.45. The summed E-state index contributed by atoms with van der Waals surface area (Å²) in [6.45, 7) is 5.05. The van der Waals surface area contributed by atoms with E-state index in [2.05, 4.69) is 63.2 Å². The molecule has 2 aromatic carbocycles. The topological polar surface area (TPSA) is 36.0 Å². The number of amides is 1. The number of fused-ring (bicyclic) bond motifs is 2. The maximum atomic E-state index is 13.2. The number of anilines is 1. The molecule has 164 valence electrons. The van der Waals surface area contributed by atoms with Gasteiger partial charge in [0, 0.05) is 37.9 Å². The largest absolute Gasteiger partial charge is 0.497 e. The Morgan fingerprint density at radius 2 is 1.77 bits per heavy atom. The van der Waals surface area contributed by atoms with Crippen molar-refractivity contribution in [3.05, 3.63) is 59.7 Å². The number of ether oxygens (including phenoxy) is 1. The van der Waals surface area contributed by atoms with Crippen molar-refractivity contribution in [1.29, 1.82) is 0 Å². The predicted molar refractivity (Wildman–Crippen MR) is 124 cm³/mol. The fourth-order valence-electron chi connectivity index (χ4n) is 5.70. The number of benzene rings is 2. The SMILES string of the molecule is COc1ccc2c(c1)C[C@H]1[C@@H](CCCN1CC(=O)N1CCN(c3ccccc3)CC1)C2. The maximum Gasteiger partial charge on any atom is 0.236 e. The van der Waals surface area contributed by atoms with Gasteiger partial charge in [-0.1, -0.05) is 24.3 Å². The molecule has 0 unspecified atom stereocenters. The van der Waals surface area contributed by atoms with Gasteiger partial charge in [0.2, 0.25) is 5.91 Å². The van der Waals surface area contributed by atoms with Crippen LogP contribution in [0.5, 0.6) is 5.75 Å². The Bertz CT molecular complexity index is 908. The second kappa shape index (κ2) is 8.91. The third kappa shape index (κ3) is 4.29. The van der Waals surface area contributed by atoms with E-state index in [-0.39, 0.29) is 0 Å². The van der Waals surface area contributed by atoms with Crippen molar-refractivity contribution in [1.82, 2.24) is 9.80 Å². The third-order valence-electron chi connectivity index (χ3n) is 7.45. The summed E-state index contributed by atoms with van der Waals surface area (Å²) >= 11 is 0. The van der Waals surface area contributed by atoms with Gasteiger partial charge < -0.3 is 14.5 Å². The number of hydrogen-bond donors (Lipinski definition) is 0. The van der Waals surface area contributed by atoms with E-state index in [0.717, 1.165) is 51.3 Å². The van der Waals surface area contributed by atoms with Gasteiger partial charge in [-0.05, 0) is 73.5 Å². The minimum Gasteiger partial charge on any atom is -0.497 e. The molecule has 5 nitrogen and oxygen atoms in total. The lowest BCUT2D eigenvalue weighted by atomic mass is 9.75. The Hall–Kier alpha value is -2.53. The normalized spacial score (nSPS) is 23.8. The molecule has 2 aromatic rings. The first-order valence-corrected chi connectivity index (χ1v) is 11.7. The molecule has 31 heavy (non-hydrogen) atoms. The zero-order valence-corrected chi connectivity index (χ0v) is 18.5. The molecule has 0 radical (unpaired) electrons. The summed E-state index contributed by atoms with van der Waals surface area (Å²) in [7, 11) is 1.73. The molecule has 0 bridgehead atoms. The number of carbonyl (C=O) groups is 1. The lowest BCUT2D eigenvalue weighted by Gasteiger charge is -2.45. The molecule has 2 atom stereocenters. The smallest absolute Gasteiger partial charge is 0.236 e. The fraction of sp³-hybridized carbons (Fsp3) is 0.500. The molecule has 1 aliphatic carbocycles. The summed E-state index contributed by atoms with van der Waals surface area (Å²) in [6.07, 6.45) is 4.63. The molecule has 2 heterocycles. The summed E-state index contributed by atoms with van der Waals surface area (Å²) in [4.78, 5) is 20.1. The minimum absolute atomic E-state index is 0.296. The van der Waals surface area contributed by atoms with Crippen LogP contribution in [0.4, 0.5) is 5.69 Å². The summed E-state index contributed by atoms with van der Waals surface area (Å²) in [5.74, 6) is 1.90. The molecule has 3 aliphatic rings. The Morgan fingerprint density at radius 3 is 2.55 bits per heavy atom. The fourth-order valence-corrected chi connectivity index (χ4v) is 5.70. The van der Waals surface area contributed by atoms with E-state index in [1.807, 2.05) is 0 Å². The van der Waals surface area contributed by atoms with Crippen LogP contribution in [-0.4, -0.2) is 68.1 Å². The number of carbonyl (C=O) groups excluding carboxylic acids is 1. The van der Waals surface area contributed by atoms with Crippen molar-refractivity contribution in [3.8, 4) is 5.75 Å². The van der Waals surface area contributed by atoms with Gasteiger partial charge in [0.25, 0.3) is 0 Å². The van der Waals surface area contributed by atoms with Crippen molar-refractivity contribution in [2.45, 2.75) is 31.7 Å². The van der Waals surface area contributed by atoms with Crippen LogP contribution in [0.3, 0.4) is 0 Å². The van der Waals surface area contributed by atoms with Crippen LogP contribution in [0.25, 0.3) is 0 Å². The van der Waals surface area contributed by atoms with E-state index >= 15 is 0 Å². The van der Waals surface area contributed by atoms with Crippen LogP contribution >= 0.6 is 0 Å². The quantitative estimate of drug-likeness (QED) is 0.762. The summed E-state index contributed by atoms with van der Waals surface area (Å²) in [5.41, 5.74) is 4.12. The average Bonchev–Trinajstić information content (AvgIpc) is 2.83. The first kappa shape index (κ1) is 20.4. The third-order valence-corrected chi connectivity index (χ3v) is 7.45. The Balaban J connectivity index is 1.21. The van der Waals surface area contributed by atoms with Gasteiger partial charge in [0.15, 0.2) is 0 Å². The first-order chi connectivity index (χ1) is 15.2. The van der Waals surface area contributed by atoms with Gasteiger partial charge >= 0.3 is 0 Å². The van der Waals surface area contributed by atoms with Crippen molar-refractivity contribution in [3.63, 3.8) is 0 Å². The Labute approximate surface area is 185 Å². The molecule has 5 heteroatoms. The summed E-state index contributed by atoms with van der Waals surface area (Å²) in [5, 5.41) is 0. The standard InChI is InChI=1S/C26H33N3O2/c1-31-24-10-9-20-16-21-6-5-11-29(25(21)18-22(20)17-24)19-26(30)28-14-12-27(13-15-28)23-7-3-2-4-8-23/h2-4,7-10,17,21,25H,5-6,11-16,18-19H2,1H3/t21-,25-/m0/s1. The number of piperidine rings is 1. The molecule has 0 saturated carbocycles. The number of hydrogen-bond acceptors (Lipinski definition) is 4. The highest BCUT2D eigenvalue weighted by Crippen LogP contribution is 2.36. The average molecular weight is 420 g/mol. The molecule has 2 fully saturated rings. The monoisotopic (exact) mass is 419 g/mol. The van der Waals surface area contributed by atoms with Crippen LogP contribution in [-0.2, 0) is 17.6 Å². The van der Waals surface area contributed by atoms with Crippen LogP contribution in [0.15, 0.2) is 48.5 Å². The van der Waals surface area contributed by atoms with Crippen molar-refractivity contribution < 1.29 is 9.53 Å². The van der Waals surface area contributed by atoms with Gasteiger partial charge in [-0.2, -0.15) is 0 Å². The molecule has 2 saturated heterocycles. The number of para-hydroxylation sites is 1. The van der Waals surface area contributed by atoms with Crippen LogP contribution in [0, 0.1) is 5.92 Å². The highest BCUT2D eigenvalue weighted by atomic mass is 16.5. The molecular weight excluding hydrogens is 386 g/mol. The van der Waals surface area contributed by atoms with Crippen molar-refractivity contribution in [2.75, 3.05) is 51.3 Å². The number of methoxy groups -OCH3 is 1. The molecule has 0 N–H and O–H groups in total. The van der Waals surface area contributed by atoms with Crippen LogP contribution < -0.4 is 9.64 Å². The van der Waals surface area contributed by atoms with Gasteiger partial charge in [-0.25, -0.2) is 0 Å². The van der Waals surface area contributed by atoms with E-state index in [0.29, 0.717) is 24.4 Å². The molecule has 0 aromatic heterocycles. The minimum atomic E-state index is 0.296. The van der Waals surface area contributed by atoms with Gasteiger partial charge in [0.05, 0.1) is 13.7 Å². The summed E-state index contributed by atoms with van der Waals surface area (Å²) in [6, 6.07) is 17.5. The predicted octanol–water partition coefficient (Wildman–Crippen LogP) is 3.22. The number of rotatable bonds is 4. The molecule has 5 rings (SSSR count). The van der Waals surface area contributed by atoms with Crippen LogP contribution in [0.2, 0.25) is 0 Å². The van der Waals surface area contributed by atoms with Crippen molar-refractivity contribution >= 4 is 11.6 Å². The first-order valence-electron chi connectivity index (χ1n) is 11.7.